The van der Waals surface area contributed by atoms with Crippen LogP contribution in [0.25, 0.3) is 0 Å². The molecule has 2 heteroatoms. The van der Waals surface area contributed by atoms with Crippen LogP contribution in [-0.2, 0) is 0 Å². The summed E-state index contributed by atoms with van der Waals surface area (Å²) >= 11 is 0. The fourth-order valence-electron chi connectivity index (χ4n) is 0.855. The van der Waals surface area contributed by atoms with Gasteiger partial charge < -0.3 is 0 Å². The van der Waals surface area contributed by atoms with Crippen LogP contribution in [-0.4, -0.2) is 25.6 Å². The summed E-state index contributed by atoms with van der Waals surface area (Å²) in [6.07, 6.45) is 4.18. The Morgan fingerprint density at radius 3 is 2.82 bits per heavy atom. The normalized spacial score (nSPS) is 14.1. The first-order valence-corrected chi connectivity index (χ1v) is 4.40. The molecule has 0 aromatic rings. The van der Waals surface area contributed by atoms with Gasteiger partial charge in [0.15, 0.2) is 0 Å². The van der Waals surface area contributed by atoms with Crippen molar-refractivity contribution in [2.75, 3.05) is 6.54 Å². The van der Waals surface area contributed by atoms with Crippen LogP contribution in [0.5, 0.6) is 0 Å². The van der Waals surface area contributed by atoms with Crippen molar-refractivity contribution in [3.8, 4) is 0 Å². The van der Waals surface area contributed by atoms with E-state index in [1.807, 2.05) is 13.1 Å². The van der Waals surface area contributed by atoms with Gasteiger partial charge in [-0.05, 0) is 0 Å². The van der Waals surface area contributed by atoms with E-state index in [-0.39, 0.29) is 0 Å². The van der Waals surface area contributed by atoms with Gasteiger partial charge in [-0.25, -0.2) is 0 Å². The van der Waals surface area contributed by atoms with Crippen molar-refractivity contribution in [1.82, 2.24) is 0 Å². The van der Waals surface area contributed by atoms with Gasteiger partial charge in [0.1, 0.15) is 0 Å². The molecule has 0 N–H and O–H groups in total. The van der Waals surface area contributed by atoms with Gasteiger partial charge in [0.2, 0.25) is 0 Å². The van der Waals surface area contributed by atoms with Crippen LogP contribution in [0, 0.1) is 5.92 Å². The van der Waals surface area contributed by atoms with E-state index in [4.69, 9.17) is 0 Å². The first kappa shape index (κ1) is 10.6. The summed E-state index contributed by atoms with van der Waals surface area (Å²) in [4.78, 5) is 4.19. The zero-order valence-electron chi connectivity index (χ0n) is 7.88. The van der Waals surface area contributed by atoms with Crippen LogP contribution in [0.4, 0.5) is 0 Å². The van der Waals surface area contributed by atoms with Crippen LogP contribution >= 0.6 is 0 Å². The molecule has 0 radical (unpaired) electrons. The molecular formula is C9H18BN. The number of rotatable bonds is 5. The van der Waals surface area contributed by atoms with E-state index in [0.29, 0.717) is 5.92 Å². The topological polar surface area (TPSA) is 12.4 Å². The van der Waals surface area contributed by atoms with Gasteiger partial charge in [-0.2, -0.15) is 0 Å². The van der Waals surface area contributed by atoms with E-state index in [1.54, 1.807) is 0 Å². The van der Waals surface area contributed by atoms with Gasteiger partial charge in [-0.3, -0.25) is 0 Å². The third-order valence-electron chi connectivity index (χ3n) is 1.54. The summed E-state index contributed by atoms with van der Waals surface area (Å²) in [5, 5.41) is 0. The molecule has 0 amide bonds. The second-order valence-corrected chi connectivity index (χ2v) is 2.84. The van der Waals surface area contributed by atoms with Crippen LogP contribution < -0.4 is 0 Å². The third kappa shape index (κ3) is 7.50. The average Bonchev–Trinajstić information content (AvgIpc) is 2.01. The number of nitrogens with zero attached hydrogens (tertiary/aromatic N) is 1. The zero-order valence-corrected chi connectivity index (χ0v) is 7.88. The molecule has 0 aliphatic rings. The third-order valence-corrected chi connectivity index (χ3v) is 1.54. The van der Waals surface area contributed by atoms with Crippen LogP contribution in [0.3, 0.4) is 0 Å². The molecule has 0 aliphatic carbocycles. The van der Waals surface area contributed by atoms with E-state index < -0.39 is 0 Å². The summed E-state index contributed by atoms with van der Waals surface area (Å²) in [6, 6.07) is 0. The quantitative estimate of drug-likeness (QED) is 0.421. The molecule has 1 atom stereocenters. The maximum atomic E-state index is 4.19. The SMILES string of the molecule is CC=NC[C@H](C)CB=CCC. The molecule has 0 unspecified atom stereocenters. The summed E-state index contributed by atoms with van der Waals surface area (Å²) in [5.74, 6) is 2.90. The Morgan fingerprint density at radius 1 is 1.55 bits per heavy atom. The summed E-state index contributed by atoms with van der Waals surface area (Å²) in [6.45, 7) is 9.56. The molecule has 0 saturated carbocycles. The number of hydrogen-bond acceptors (Lipinski definition) is 1. The monoisotopic (exact) mass is 151 g/mol. The molecule has 0 saturated heterocycles. The molecule has 0 aromatic heterocycles. The van der Waals surface area contributed by atoms with Crippen molar-refractivity contribution in [1.29, 1.82) is 0 Å². The molecule has 0 bridgehead atoms. The van der Waals surface area contributed by atoms with Crippen molar-refractivity contribution in [3.05, 3.63) is 0 Å². The minimum absolute atomic E-state index is 0.689. The van der Waals surface area contributed by atoms with Gasteiger partial charge in [0.25, 0.3) is 0 Å². The average molecular weight is 151 g/mol. The summed E-state index contributed by atoms with van der Waals surface area (Å²) in [5.41, 5.74) is 0. The Bertz CT molecular complexity index is 130. The molecule has 11 heavy (non-hydrogen) atoms. The predicted molar refractivity (Wildman–Crippen MR) is 55.1 cm³/mol. The van der Waals surface area contributed by atoms with Gasteiger partial charge in [0, 0.05) is 0 Å². The van der Waals surface area contributed by atoms with E-state index in [2.05, 4.69) is 31.7 Å². The second-order valence-electron chi connectivity index (χ2n) is 2.84. The van der Waals surface area contributed by atoms with E-state index in [0.717, 1.165) is 19.3 Å². The van der Waals surface area contributed by atoms with Crippen molar-refractivity contribution >= 4 is 19.1 Å². The van der Waals surface area contributed by atoms with Crippen LogP contribution in [0.2, 0.25) is 6.32 Å². The van der Waals surface area contributed by atoms with Gasteiger partial charge >= 0.3 is 70.1 Å². The Balaban J connectivity index is 3.36. The molecule has 0 fully saturated rings. The fraction of sp³-hybridized carbons (Fsp3) is 0.778. The van der Waals surface area contributed by atoms with Gasteiger partial charge in [-0.1, -0.05) is 0 Å². The maximum absolute atomic E-state index is 4.19. The minimum atomic E-state index is 0.689. The van der Waals surface area contributed by atoms with Gasteiger partial charge in [0.05, 0.1) is 0 Å². The molecule has 62 valence electrons. The van der Waals surface area contributed by atoms with E-state index in [9.17, 15) is 0 Å². The van der Waals surface area contributed by atoms with Crippen LogP contribution in [0.1, 0.15) is 27.2 Å². The molecule has 0 spiro atoms. The zero-order chi connectivity index (χ0) is 8.53. The first-order chi connectivity index (χ1) is 5.31. The predicted octanol–water partition coefficient (Wildman–Crippen LogP) is 2.05. The van der Waals surface area contributed by atoms with Crippen molar-refractivity contribution in [2.24, 2.45) is 10.9 Å². The molecule has 0 aliphatic heterocycles. The second kappa shape index (κ2) is 7.71. The Hall–Kier alpha value is -0.395. The first-order valence-electron chi connectivity index (χ1n) is 4.40. The summed E-state index contributed by atoms with van der Waals surface area (Å²) in [7, 11) is 0. The van der Waals surface area contributed by atoms with Gasteiger partial charge in [-0.15, -0.1) is 0 Å². The van der Waals surface area contributed by atoms with Crippen LogP contribution in [0.15, 0.2) is 4.99 Å². The summed E-state index contributed by atoms with van der Waals surface area (Å²) < 4.78 is 0. The Morgan fingerprint density at radius 2 is 2.27 bits per heavy atom. The molecule has 0 aromatic carbocycles. The van der Waals surface area contributed by atoms with E-state index in [1.165, 1.54) is 0 Å². The molecule has 1 nitrogen and oxygen atoms in total. The van der Waals surface area contributed by atoms with E-state index >= 15 is 0 Å². The Labute approximate surface area is 70.8 Å². The number of aliphatic imine (C=N–C) groups is 1. The number of hydrogen-bond donors (Lipinski definition) is 0. The van der Waals surface area contributed by atoms with Crippen molar-refractivity contribution < 1.29 is 0 Å². The molecule has 0 heterocycles. The standard InChI is InChI=1S/C9H18BN/c1-4-6-10-7-9(3)8-11-5-2/h5-6,9H,4,7-8H2,1-3H3/t9-/m1/s1. The van der Waals surface area contributed by atoms with Crippen molar-refractivity contribution in [2.45, 2.75) is 33.5 Å². The fourth-order valence-corrected chi connectivity index (χ4v) is 0.855. The molecular weight excluding hydrogens is 133 g/mol. The molecule has 0 rings (SSSR count). The Kier molecular flexibility index (Phi) is 7.43. The van der Waals surface area contributed by atoms with Crippen molar-refractivity contribution in [3.63, 3.8) is 0 Å².